The Hall–Kier alpha value is -1.48. The second kappa shape index (κ2) is 11.4. The molecule has 160 valence electrons. The molecule has 9 heteroatoms. The number of amides is 1. The lowest BCUT2D eigenvalue weighted by Crippen LogP contribution is -2.17. The molecule has 1 N–H and O–H groups in total. The first-order valence-electron chi connectivity index (χ1n) is 8.90. The first-order valence-corrected chi connectivity index (χ1v) is 12.1. The van der Waals surface area contributed by atoms with Crippen molar-refractivity contribution in [3.8, 4) is 11.5 Å². The number of benzene rings is 3. The Morgan fingerprint density at radius 1 is 1.06 bits per heavy atom. The zero-order chi connectivity index (χ0) is 22.4. The molecule has 3 rings (SSSR count). The van der Waals surface area contributed by atoms with Crippen molar-refractivity contribution in [2.75, 3.05) is 7.11 Å². The monoisotopic (exact) mass is 756 g/mol. The summed E-state index contributed by atoms with van der Waals surface area (Å²) in [6, 6.07) is 15.3. The number of carbonyl (C=O) groups is 1. The van der Waals surface area contributed by atoms with Crippen molar-refractivity contribution in [1.29, 1.82) is 0 Å². The zero-order valence-electron chi connectivity index (χ0n) is 16.2. The minimum Gasteiger partial charge on any atom is -0.496 e. The van der Waals surface area contributed by atoms with E-state index in [1.165, 1.54) is 12.1 Å². The first kappa shape index (κ1) is 24.2. The number of rotatable bonds is 7. The Morgan fingerprint density at radius 3 is 2.48 bits per heavy atom. The molecule has 0 unspecified atom stereocenters. The molecule has 0 saturated heterocycles. The predicted molar refractivity (Wildman–Crippen MR) is 143 cm³/mol. The summed E-state index contributed by atoms with van der Waals surface area (Å²) in [7, 11) is 1.56. The van der Waals surface area contributed by atoms with Crippen LogP contribution in [-0.2, 0) is 6.61 Å². The van der Waals surface area contributed by atoms with Gasteiger partial charge in [0.2, 0.25) is 0 Å². The van der Waals surface area contributed by atoms with Gasteiger partial charge in [-0.05, 0) is 121 Å². The lowest BCUT2D eigenvalue weighted by molar-refractivity contribution is 0.0954. The molecule has 1 amide bonds. The van der Waals surface area contributed by atoms with Gasteiger partial charge in [0, 0.05) is 5.56 Å². The van der Waals surface area contributed by atoms with E-state index in [1.54, 1.807) is 31.5 Å². The maximum atomic E-state index is 13.3. The van der Waals surface area contributed by atoms with Crippen LogP contribution in [0, 0.1) is 16.5 Å². The molecule has 0 aliphatic carbocycles. The van der Waals surface area contributed by atoms with Crippen LogP contribution in [0.15, 0.2) is 59.7 Å². The maximum absolute atomic E-state index is 13.3. The Bertz CT molecular complexity index is 1120. The molecule has 0 saturated carbocycles. The van der Waals surface area contributed by atoms with Crippen LogP contribution in [0.3, 0.4) is 0 Å². The normalized spacial score (nSPS) is 10.9. The van der Waals surface area contributed by atoms with Gasteiger partial charge in [-0.2, -0.15) is 5.10 Å². The molecule has 0 heterocycles. The fraction of sp³-hybridized carbons (Fsp3) is 0.0909. The van der Waals surface area contributed by atoms with E-state index < -0.39 is 0 Å². The van der Waals surface area contributed by atoms with Crippen LogP contribution in [0.5, 0.6) is 11.5 Å². The molecule has 5 nitrogen and oxygen atoms in total. The van der Waals surface area contributed by atoms with E-state index >= 15 is 0 Å². The summed E-state index contributed by atoms with van der Waals surface area (Å²) in [4.78, 5) is 12.3. The molecule has 0 aromatic heterocycles. The van der Waals surface area contributed by atoms with Gasteiger partial charge < -0.3 is 9.47 Å². The third-order valence-electron chi connectivity index (χ3n) is 4.09. The van der Waals surface area contributed by atoms with Gasteiger partial charge in [0.05, 0.1) is 24.0 Å². The summed E-state index contributed by atoms with van der Waals surface area (Å²) in [6.07, 6.45) is 1.57. The highest BCUT2D eigenvalue weighted by Gasteiger charge is 2.10. The number of nitrogens with zero attached hydrogens (tertiary/aromatic N) is 1. The average Bonchev–Trinajstić information content (AvgIpc) is 2.73. The molecular formula is C22H16FI3N2O3. The van der Waals surface area contributed by atoms with Crippen LogP contribution in [-0.4, -0.2) is 19.2 Å². The quantitative estimate of drug-likeness (QED) is 0.183. The van der Waals surface area contributed by atoms with Crippen molar-refractivity contribution in [1.82, 2.24) is 5.43 Å². The van der Waals surface area contributed by atoms with Gasteiger partial charge in [-0.15, -0.1) is 0 Å². The molecule has 0 atom stereocenters. The SMILES string of the molecule is COc1cc(C(=O)N/N=C\c2cc(I)c(OCc3cccc(F)c3)c(I)c2)ccc1I. The highest BCUT2D eigenvalue weighted by atomic mass is 127. The van der Waals surface area contributed by atoms with E-state index in [2.05, 4.69) is 78.3 Å². The van der Waals surface area contributed by atoms with Crippen LogP contribution in [0.4, 0.5) is 4.39 Å². The van der Waals surface area contributed by atoms with Crippen LogP contribution < -0.4 is 14.9 Å². The van der Waals surface area contributed by atoms with Crippen LogP contribution in [0.2, 0.25) is 0 Å². The van der Waals surface area contributed by atoms with E-state index in [0.717, 1.165) is 27.6 Å². The van der Waals surface area contributed by atoms with Gasteiger partial charge >= 0.3 is 0 Å². The Labute approximate surface area is 220 Å². The van der Waals surface area contributed by atoms with Crippen molar-refractivity contribution in [3.63, 3.8) is 0 Å². The third-order valence-corrected chi connectivity index (χ3v) is 6.58. The van der Waals surface area contributed by atoms with Gasteiger partial charge in [-0.25, -0.2) is 9.82 Å². The van der Waals surface area contributed by atoms with E-state index in [9.17, 15) is 9.18 Å². The second-order valence-electron chi connectivity index (χ2n) is 6.28. The number of nitrogens with one attached hydrogen (secondary N) is 1. The summed E-state index contributed by atoms with van der Waals surface area (Å²) < 4.78 is 27.2. The van der Waals surface area contributed by atoms with Gasteiger partial charge in [0.25, 0.3) is 5.91 Å². The molecule has 0 fully saturated rings. The second-order valence-corrected chi connectivity index (χ2v) is 9.77. The van der Waals surface area contributed by atoms with E-state index in [0.29, 0.717) is 11.3 Å². The number of hydrogen-bond donors (Lipinski definition) is 1. The van der Waals surface area contributed by atoms with E-state index in [4.69, 9.17) is 9.47 Å². The first-order chi connectivity index (χ1) is 14.9. The fourth-order valence-electron chi connectivity index (χ4n) is 2.61. The van der Waals surface area contributed by atoms with Crippen molar-refractivity contribution in [2.45, 2.75) is 6.61 Å². The minimum absolute atomic E-state index is 0.271. The van der Waals surface area contributed by atoms with Crippen molar-refractivity contribution >= 4 is 79.9 Å². The number of hydrogen-bond acceptors (Lipinski definition) is 4. The fourth-order valence-corrected chi connectivity index (χ4v) is 5.29. The van der Waals surface area contributed by atoms with Gasteiger partial charge in [0.1, 0.15) is 23.9 Å². The largest absolute Gasteiger partial charge is 0.496 e. The molecule has 0 spiro atoms. The molecule has 3 aromatic rings. The number of ether oxygens (including phenoxy) is 2. The third kappa shape index (κ3) is 6.75. The van der Waals surface area contributed by atoms with Crippen LogP contribution in [0.1, 0.15) is 21.5 Å². The summed E-state index contributed by atoms with van der Waals surface area (Å²) in [5.41, 5.74) is 4.55. The van der Waals surface area contributed by atoms with E-state index in [-0.39, 0.29) is 18.3 Å². The van der Waals surface area contributed by atoms with Gasteiger partial charge in [-0.3, -0.25) is 4.79 Å². The maximum Gasteiger partial charge on any atom is 0.271 e. The Kier molecular flexibility index (Phi) is 8.89. The van der Waals surface area contributed by atoms with Gasteiger partial charge in [-0.1, -0.05) is 12.1 Å². The van der Waals surface area contributed by atoms with Crippen molar-refractivity contribution in [3.05, 3.63) is 87.8 Å². The lowest BCUT2D eigenvalue weighted by Gasteiger charge is -2.11. The highest BCUT2D eigenvalue weighted by Crippen LogP contribution is 2.29. The van der Waals surface area contributed by atoms with Gasteiger partial charge in [0.15, 0.2) is 0 Å². The summed E-state index contributed by atoms with van der Waals surface area (Å²) in [5, 5.41) is 4.05. The highest BCUT2D eigenvalue weighted by molar-refractivity contribution is 14.1. The van der Waals surface area contributed by atoms with E-state index in [1.807, 2.05) is 24.3 Å². The Morgan fingerprint density at radius 2 is 1.81 bits per heavy atom. The van der Waals surface area contributed by atoms with Crippen molar-refractivity contribution in [2.24, 2.45) is 5.10 Å². The average molecular weight is 756 g/mol. The van der Waals surface area contributed by atoms with Crippen molar-refractivity contribution < 1.29 is 18.7 Å². The van der Waals surface area contributed by atoms with Crippen LogP contribution in [0.25, 0.3) is 0 Å². The predicted octanol–water partition coefficient (Wildman–Crippen LogP) is 5.99. The summed E-state index contributed by atoms with van der Waals surface area (Å²) in [5.74, 6) is 0.737. The molecule has 0 bridgehead atoms. The summed E-state index contributed by atoms with van der Waals surface area (Å²) >= 11 is 6.50. The molecule has 0 radical (unpaired) electrons. The standard InChI is InChI=1S/C22H16FI3N2O3/c1-30-20-10-15(5-6-17(20)24)22(29)28-27-11-14-8-18(25)21(19(26)9-14)31-12-13-3-2-4-16(23)7-13/h2-11H,12H2,1H3,(H,28,29)/b27-11-. The zero-order valence-corrected chi connectivity index (χ0v) is 22.6. The number of methoxy groups -OCH3 is 1. The number of hydrazone groups is 1. The lowest BCUT2D eigenvalue weighted by atomic mass is 10.2. The number of halogens is 4. The molecule has 0 aliphatic heterocycles. The topological polar surface area (TPSA) is 59.9 Å². The molecule has 0 aliphatic rings. The summed E-state index contributed by atoms with van der Waals surface area (Å²) in [6.45, 7) is 0.271. The van der Waals surface area contributed by atoms with Crippen LogP contribution >= 0.6 is 67.8 Å². The number of carbonyl (C=O) groups excluding carboxylic acids is 1. The molecule has 31 heavy (non-hydrogen) atoms. The smallest absolute Gasteiger partial charge is 0.271 e. The molecular weight excluding hydrogens is 740 g/mol. The molecule has 3 aromatic carbocycles. The Balaban J connectivity index is 1.65. The minimum atomic E-state index is -0.328.